The summed E-state index contributed by atoms with van der Waals surface area (Å²) in [5.74, 6) is -0.930. The summed E-state index contributed by atoms with van der Waals surface area (Å²) in [6.07, 6.45) is 4.81. The van der Waals surface area contributed by atoms with E-state index in [0.717, 1.165) is 18.8 Å². The number of piperazine rings is 1. The van der Waals surface area contributed by atoms with Crippen LogP contribution in [0.25, 0.3) is 17.0 Å². The predicted molar refractivity (Wildman–Crippen MR) is 127 cm³/mol. The topological polar surface area (TPSA) is 114 Å². The van der Waals surface area contributed by atoms with E-state index in [0.29, 0.717) is 40.0 Å². The Morgan fingerprint density at radius 2 is 2.00 bits per heavy atom. The predicted octanol–water partition coefficient (Wildman–Crippen LogP) is 2.66. The summed E-state index contributed by atoms with van der Waals surface area (Å²) in [6.45, 7) is 5.88. The summed E-state index contributed by atoms with van der Waals surface area (Å²) in [4.78, 5) is 15.3. The summed E-state index contributed by atoms with van der Waals surface area (Å²) in [5, 5.41) is 10.9. The number of anilines is 3. The third-order valence-electron chi connectivity index (χ3n) is 5.60. The van der Waals surface area contributed by atoms with Crippen LogP contribution in [0.3, 0.4) is 0 Å². The zero-order chi connectivity index (χ0) is 23.0. The van der Waals surface area contributed by atoms with E-state index >= 15 is 0 Å². The molecule has 0 aliphatic carbocycles. The Morgan fingerprint density at radius 1 is 1.28 bits per heavy atom. The number of fused-ring (bicyclic) bond motifs is 1. The summed E-state index contributed by atoms with van der Waals surface area (Å²) in [5.41, 5.74) is 14.9. The maximum atomic E-state index is 14.4. The van der Waals surface area contributed by atoms with Gasteiger partial charge in [-0.15, -0.1) is 0 Å². The Hall–Kier alpha value is -3.59. The van der Waals surface area contributed by atoms with Crippen molar-refractivity contribution >= 4 is 39.9 Å². The van der Waals surface area contributed by atoms with Crippen molar-refractivity contribution < 1.29 is 9.18 Å². The SMILES string of the molecule is CC1CN(c2ccc(C(=O)Nc3cc(F)c4nn(C)cc4c3)c(N)c2/C=C\N)CC(C)N1. The van der Waals surface area contributed by atoms with Crippen LogP contribution in [0, 0.1) is 5.82 Å². The summed E-state index contributed by atoms with van der Waals surface area (Å²) >= 11 is 0. The number of hydrogen-bond acceptors (Lipinski definition) is 6. The van der Waals surface area contributed by atoms with Crippen LogP contribution >= 0.6 is 0 Å². The van der Waals surface area contributed by atoms with E-state index < -0.39 is 11.7 Å². The number of aryl methyl sites for hydroxylation is 1. The van der Waals surface area contributed by atoms with E-state index in [1.807, 2.05) is 6.07 Å². The summed E-state index contributed by atoms with van der Waals surface area (Å²) in [6, 6.07) is 7.14. The molecule has 0 bridgehead atoms. The fourth-order valence-electron chi connectivity index (χ4n) is 4.38. The summed E-state index contributed by atoms with van der Waals surface area (Å²) < 4.78 is 15.9. The number of amides is 1. The van der Waals surface area contributed by atoms with Crippen molar-refractivity contribution in [3.8, 4) is 0 Å². The molecule has 4 rings (SSSR count). The molecule has 1 aromatic heterocycles. The molecule has 2 atom stereocenters. The number of nitrogens with one attached hydrogen (secondary N) is 2. The Bertz CT molecular complexity index is 1190. The number of halogens is 1. The van der Waals surface area contributed by atoms with Crippen LogP contribution in [0.1, 0.15) is 29.8 Å². The molecule has 32 heavy (non-hydrogen) atoms. The van der Waals surface area contributed by atoms with Crippen LogP contribution in [-0.4, -0.2) is 40.9 Å². The van der Waals surface area contributed by atoms with Crippen molar-refractivity contribution in [2.75, 3.05) is 29.0 Å². The normalized spacial score (nSPS) is 19.1. The fraction of sp³-hybridized carbons (Fsp3) is 0.304. The molecule has 2 unspecified atom stereocenters. The van der Waals surface area contributed by atoms with Gasteiger partial charge in [-0.3, -0.25) is 9.48 Å². The molecule has 0 radical (unpaired) electrons. The largest absolute Gasteiger partial charge is 0.405 e. The van der Waals surface area contributed by atoms with Crippen LogP contribution in [0.5, 0.6) is 0 Å². The average Bonchev–Trinajstić information content (AvgIpc) is 3.09. The van der Waals surface area contributed by atoms with Crippen LogP contribution in [0.2, 0.25) is 0 Å². The smallest absolute Gasteiger partial charge is 0.257 e. The molecule has 1 fully saturated rings. The first-order valence-corrected chi connectivity index (χ1v) is 10.5. The number of aromatic nitrogens is 2. The van der Waals surface area contributed by atoms with Crippen molar-refractivity contribution in [2.24, 2.45) is 12.8 Å². The van der Waals surface area contributed by atoms with Crippen molar-refractivity contribution in [1.82, 2.24) is 15.1 Å². The molecule has 1 amide bonds. The molecule has 2 aromatic carbocycles. The number of nitrogens with two attached hydrogens (primary N) is 2. The molecule has 9 heteroatoms. The fourth-order valence-corrected chi connectivity index (χ4v) is 4.38. The third-order valence-corrected chi connectivity index (χ3v) is 5.60. The second kappa shape index (κ2) is 8.51. The number of nitrogens with zero attached hydrogens (tertiary/aromatic N) is 3. The van der Waals surface area contributed by atoms with Gasteiger partial charge >= 0.3 is 0 Å². The second-order valence-corrected chi connectivity index (χ2v) is 8.35. The lowest BCUT2D eigenvalue weighted by Crippen LogP contribution is -2.54. The van der Waals surface area contributed by atoms with Gasteiger partial charge in [0.1, 0.15) is 5.52 Å². The molecule has 2 heterocycles. The van der Waals surface area contributed by atoms with Gasteiger partial charge in [0.15, 0.2) is 5.82 Å². The van der Waals surface area contributed by atoms with E-state index in [4.69, 9.17) is 11.5 Å². The molecule has 1 saturated heterocycles. The zero-order valence-electron chi connectivity index (χ0n) is 18.4. The second-order valence-electron chi connectivity index (χ2n) is 8.35. The Morgan fingerprint density at radius 3 is 2.69 bits per heavy atom. The Kier molecular flexibility index (Phi) is 5.75. The number of nitrogen functional groups attached to an aromatic ring is 1. The number of carbonyl (C=O) groups is 1. The molecule has 6 N–H and O–H groups in total. The van der Waals surface area contributed by atoms with Crippen molar-refractivity contribution in [3.05, 3.63) is 53.6 Å². The third kappa shape index (κ3) is 4.11. The molecule has 8 nitrogen and oxygen atoms in total. The van der Waals surface area contributed by atoms with Gasteiger partial charge in [-0.25, -0.2) is 4.39 Å². The lowest BCUT2D eigenvalue weighted by atomic mass is 10.0. The highest BCUT2D eigenvalue weighted by Crippen LogP contribution is 2.32. The highest BCUT2D eigenvalue weighted by atomic mass is 19.1. The minimum absolute atomic E-state index is 0.254. The Labute approximate surface area is 186 Å². The van der Waals surface area contributed by atoms with E-state index in [9.17, 15) is 9.18 Å². The summed E-state index contributed by atoms with van der Waals surface area (Å²) in [7, 11) is 1.71. The van der Waals surface area contributed by atoms with E-state index in [1.165, 1.54) is 16.9 Å². The lowest BCUT2D eigenvalue weighted by molar-refractivity contribution is 0.102. The molecule has 1 aliphatic rings. The van der Waals surface area contributed by atoms with Crippen LogP contribution < -0.4 is 27.0 Å². The first-order valence-electron chi connectivity index (χ1n) is 10.5. The molecular weight excluding hydrogens is 409 g/mol. The maximum Gasteiger partial charge on any atom is 0.257 e. The molecule has 168 valence electrons. The van der Waals surface area contributed by atoms with Gasteiger partial charge in [-0.05, 0) is 50.4 Å². The highest BCUT2D eigenvalue weighted by molar-refractivity contribution is 6.10. The molecule has 0 saturated carbocycles. The molecule has 0 spiro atoms. The van der Waals surface area contributed by atoms with Gasteiger partial charge in [0, 0.05) is 60.7 Å². The van der Waals surface area contributed by atoms with Gasteiger partial charge in [0.2, 0.25) is 0 Å². The minimum Gasteiger partial charge on any atom is -0.405 e. The van der Waals surface area contributed by atoms with Crippen molar-refractivity contribution in [2.45, 2.75) is 25.9 Å². The highest BCUT2D eigenvalue weighted by Gasteiger charge is 2.25. The van der Waals surface area contributed by atoms with Crippen LogP contribution in [-0.2, 0) is 7.05 Å². The molecule has 1 aliphatic heterocycles. The molecular formula is C23H28FN7O. The number of hydrogen-bond donors (Lipinski definition) is 4. The van der Waals surface area contributed by atoms with Crippen LogP contribution in [0.4, 0.5) is 21.5 Å². The minimum atomic E-state index is -0.504. The number of benzene rings is 2. The van der Waals surface area contributed by atoms with Gasteiger partial charge in [0.25, 0.3) is 5.91 Å². The first-order chi connectivity index (χ1) is 15.3. The Balaban J connectivity index is 1.66. The average molecular weight is 438 g/mol. The van der Waals surface area contributed by atoms with Crippen LogP contribution in [0.15, 0.2) is 36.7 Å². The van der Waals surface area contributed by atoms with E-state index in [-0.39, 0.29) is 5.52 Å². The first kappa shape index (κ1) is 21.6. The van der Waals surface area contributed by atoms with Crippen molar-refractivity contribution in [1.29, 1.82) is 0 Å². The van der Waals surface area contributed by atoms with Crippen molar-refractivity contribution in [3.63, 3.8) is 0 Å². The van der Waals surface area contributed by atoms with Gasteiger partial charge in [-0.1, -0.05) is 0 Å². The maximum absolute atomic E-state index is 14.4. The van der Waals surface area contributed by atoms with Gasteiger partial charge < -0.3 is 27.0 Å². The quantitative estimate of drug-likeness (QED) is 0.467. The van der Waals surface area contributed by atoms with E-state index in [1.54, 1.807) is 31.5 Å². The lowest BCUT2D eigenvalue weighted by Gasteiger charge is -2.38. The zero-order valence-corrected chi connectivity index (χ0v) is 18.4. The molecule has 3 aromatic rings. The van der Waals surface area contributed by atoms with E-state index in [2.05, 4.69) is 34.5 Å². The number of rotatable bonds is 4. The monoisotopic (exact) mass is 437 g/mol. The number of carbonyl (C=O) groups excluding carboxylic acids is 1. The van der Waals surface area contributed by atoms with Gasteiger partial charge in [-0.2, -0.15) is 5.10 Å². The standard InChI is InChI=1S/C23H28FN7O/c1-13-10-31(11-14(2)27-13)20-5-4-18(21(26)17(20)6-7-25)23(32)28-16-8-15-12-30(3)29-22(15)19(24)9-16/h4-9,12-14,27H,10-11,25-26H2,1-3H3,(H,28,32)/b7-6-. The van der Waals surface area contributed by atoms with Gasteiger partial charge in [0.05, 0.1) is 11.3 Å².